The molecule has 0 spiro atoms. The lowest BCUT2D eigenvalue weighted by molar-refractivity contribution is -0.137. The summed E-state index contributed by atoms with van der Waals surface area (Å²) in [5.41, 5.74) is -0.226. The van der Waals surface area contributed by atoms with Crippen molar-refractivity contribution in [3.8, 4) is 11.5 Å². The van der Waals surface area contributed by atoms with E-state index < -0.39 is 17.5 Å². The lowest BCUT2D eigenvalue weighted by Crippen LogP contribution is -2.04. The molecule has 0 atom stereocenters. The first-order chi connectivity index (χ1) is 11.3. The zero-order chi connectivity index (χ0) is 17.7. The molecular formula is C18H15F3O3. The van der Waals surface area contributed by atoms with Crippen molar-refractivity contribution in [3.63, 3.8) is 0 Å². The SMILES string of the molecule is COc1ccc(OC)c(C(=O)C=Cc2cccc(C(F)(F)F)c2)c1. The van der Waals surface area contributed by atoms with Gasteiger partial charge in [-0.25, -0.2) is 0 Å². The minimum atomic E-state index is -4.43. The van der Waals surface area contributed by atoms with E-state index in [0.29, 0.717) is 11.5 Å². The summed E-state index contributed by atoms with van der Waals surface area (Å²) in [6.07, 6.45) is -1.90. The van der Waals surface area contributed by atoms with Gasteiger partial charge in [0.05, 0.1) is 25.3 Å². The van der Waals surface area contributed by atoms with Gasteiger partial charge in [0.2, 0.25) is 0 Å². The van der Waals surface area contributed by atoms with Crippen molar-refractivity contribution in [2.24, 2.45) is 0 Å². The Bertz CT molecular complexity index is 764. The maximum absolute atomic E-state index is 12.7. The van der Waals surface area contributed by atoms with Gasteiger partial charge < -0.3 is 9.47 Å². The molecule has 0 N–H and O–H groups in total. The van der Waals surface area contributed by atoms with E-state index in [0.717, 1.165) is 12.1 Å². The molecule has 6 heteroatoms. The second-order valence-electron chi connectivity index (χ2n) is 4.89. The molecule has 0 heterocycles. The minimum absolute atomic E-state index is 0.264. The molecule has 24 heavy (non-hydrogen) atoms. The van der Waals surface area contributed by atoms with Gasteiger partial charge in [-0.05, 0) is 42.0 Å². The van der Waals surface area contributed by atoms with Crippen LogP contribution in [0, 0.1) is 0 Å². The summed E-state index contributed by atoms with van der Waals surface area (Å²) in [6, 6.07) is 9.48. The topological polar surface area (TPSA) is 35.5 Å². The quantitative estimate of drug-likeness (QED) is 0.590. The van der Waals surface area contributed by atoms with Crippen LogP contribution >= 0.6 is 0 Å². The summed E-state index contributed by atoms with van der Waals surface area (Å²) in [5.74, 6) is 0.435. The molecule has 0 radical (unpaired) electrons. The molecular weight excluding hydrogens is 321 g/mol. The highest BCUT2D eigenvalue weighted by atomic mass is 19.4. The Labute approximate surface area is 137 Å². The van der Waals surface area contributed by atoms with E-state index in [2.05, 4.69) is 0 Å². The zero-order valence-corrected chi connectivity index (χ0v) is 13.1. The van der Waals surface area contributed by atoms with Crippen molar-refractivity contribution in [2.75, 3.05) is 14.2 Å². The van der Waals surface area contributed by atoms with E-state index in [-0.39, 0.29) is 11.1 Å². The van der Waals surface area contributed by atoms with Gasteiger partial charge in [-0.2, -0.15) is 13.2 Å². The first-order valence-corrected chi connectivity index (χ1v) is 6.97. The Morgan fingerprint density at radius 1 is 1.04 bits per heavy atom. The van der Waals surface area contributed by atoms with Crippen molar-refractivity contribution in [3.05, 3.63) is 65.2 Å². The minimum Gasteiger partial charge on any atom is -0.497 e. The summed E-state index contributed by atoms with van der Waals surface area (Å²) in [5, 5.41) is 0. The molecule has 2 aromatic carbocycles. The van der Waals surface area contributed by atoms with Crippen molar-refractivity contribution in [1.29, 1.82) is 0 Å². The van der Waals surface area contributed by atoms with Gasteiger partial charge in [-0.3, -0.25) is 4.79 Å². The van der Waals surface area contributed by atoms with Gasteiger partial charge in [0, 0.05) is 0 Å². The molecule has 0 aromatic heterocycles. The standard InChI is InChI=1S/C18H15F3O3/c1-23-14-7-9-17(24-2)15(11-14)16(22)8-6-12-4-3-5-13(10-12)18(19,20)21/h3-11H,1-2H3. The van der Waals surface area contributed by atoms with Crippen molar-refractivity contribution in [1.82, 2.24) is 0 Å². The number of hydrogen-bond acceptors (Lipinski definition) is 3. The number of carbonyl (C=O) groups excluding carboxylic acids is 1. The van der Waals surface area contributed by atoms with E-state index in [1.807, 2.05) is 0 Å². The number of ether oxygens (including phenoxy) is 2. The molecule has 126 valence electrons. The number of halogens is 3. The maximum atomic E-state index is 12.7. The van der Waals surface area contributed by atoms with Crippen LogP contribution in [0.25, 0.3) is 6.08 Å². The van der Waals surface area contributed by atoms with Crippen molar-refractivity contribution >= 4 is 11.9 Å². The van der Waals surface area contributed by atoms with E-state index in [1.165, 1.54) is 44.6 Å². The zero-order valence-electron chi connectivity index (χ0n) is 13.1. The molecule has 0 unspecified atom stereocenters. The van der Waals surface area contributed by atoms with Crippen LogP contribution in [0.4, 0.5) is 13.2 Å². The Morgan fingerprint density at radius 3 is 2.42 bits per heavy atom. The number of hydrogen-bond donors (Lipinski definition) is 0. The molecule has 0 saturated heterocycles. The molecule has 0 aliphatic rings. The third-order valence-corrected chi connectivity index (χ3v) is 3.31. The fourth-order valence-electron chi connectivity index (χ4n) is 2.09. The molecule has 0 amide bonds. The van der Waals surface area contributed by atoms with Crippen LogP contribution in [-0.4, -0.2) is 20.0 Å². The van der Waals surface area contributed by atoms with Gasteiger partial charge in [-0.1, -0.05) is 18.2 Å². The predicted octanol–water partition coefficient (Wildman–Crippen LogP) is 4.62. The molecule has 2 rings (SSSR count). The predicted molar refractivity (Wildman–Crippen MR) is 84.4 cm³/mol. The molecule has 0 aliphatic heterocycles. The Morgan fingerprint density at radius 2 is 1.79 bits per heavy atom. The monoisotopic (exact) mass is 336 g/mol. The highest BCUT2D eigenvalue weighted by Crippen LogP contribution is 2.30. The van der Waals surface area contributed by atoms with E-state index >= 15 is 0 Å². The van der Waals surface area contributed by atoms with Gasteiger partial charge in [0.1, 0.15) is 11.5 Å². The first-order valence-electron chi connectivity index (χ1n) is 6.97. The van der Waals surface area contributed by atoms with Crippen molar-refractivity contribution < 1.29 is 27.4 Å². The summed E-state index contributed by atoms with van der Waals surface area (Å²) in [4.78, 5) is 12.3. The number of allylic oxidation sites excluding steroid dienone is 1. The van der Waals surface area contributed by atoms with Gasteiger partial charge in [-0.15, -0.1) is 0 Å². The molecule has 3 nitrogen and oxygen atoms in total. The van der Waals surface area contributed by atoms with Crippen LogP contribution < -0.4 is 9.47 Å². The van der Waals surface area contributed by atoms with Gasteiger partial charge in [0.15, 0.2) is 5.78 Å². The lowest BCUT2D eigenvalue weighted by Gasteiger charge is -2.08. The summed E-state index contributed by atoms with van der Waals surface area (Å²) in [7, 11) is 2.89. The Kier molecular flexibility index (Phi) is 5.28. The van der Waals surface area contributed by atoms with E-state index in [1.54, 1.807) is 12.1 Å². The largest absolute Gasteiger partial charge is 0.497 e. The third-order valence-electron chi connectivity index (χ3n) is 3.31. The highest BCUT2D eigenvalue weighted by Gasteiger charge is 2.30. The summed E-state index contributed by atoms with van der Waals surface area (Å²) >= 11 is 0. The second kappa shape index (κ2) is 7.21. The average Bonchev–Trinajstić information content (AvgIpc) is 2.58. The molecule has 2 aromatic rings. The number of benzene rings is 2. The summed E-state index contributed by atoms with van der Waals surface area (Å²) < 4.78 is 48.3. The smallest absolute Gasteiger partial charge is 0.416 e. The molecule has 0 fully saturated rings. The molecule has 0 bridgehead atoms. The maximum Gasteiger partial charge on any atom is 0.416 e. The average molecular weight is 336 g/mol. The first kappa shape index (κ1) is 17.6. The van der Waals surface area contributed by atoms with Crippen LogP contribution in [0.15, 0.2) is 48.5 Å². The Hall–Kier alpha value is -2.76. The van der Waals surface area contributed by atoms with Crippen LogP contribution in [0.5, 0.6) is 11.5 Å². The van der Waals surface area contributed by atoms with E-state index in [9.17, 15) is 18.0 Å². The number of carbonyl (C=O) groups is 1. The molecule has 0 saturated carbocycles. The number of ketones is 1. The fraction of sp³-hybridized carbons (Fsp3) is 0.167. The number of methoxy groups -OCH3 is 2. The Balaban J connectivity index is 2.28. The second-order valence-corrected chi connectivity index (χ2v) is 4.89. The highest BCUT2D eigenvalue weighted by molar-refractivity contribution is 6.08. The van der Waals surface area contributed by atoms with Crippen LogP contribution in [-0.2, 0) is 6.18 Å². The number of alkyl halides is 3. The molecule has 0 aliphatic carbocycles. The normalized spacial score (nSPS) is 11.5. The van der Waals surface area contributed by atoms with Crippen LogP contribution in [0.3, 0.4) is 0 Å². The third kappa shape index (κ3) is 4.16. The fourth-order valence-corrected chi connectivity index (χ4v) is 2.09. The van der Waals surface area contributed by atoms with E-state index in [4.69, 9.17) is 9.47 Å². The number of rotatable bonds is 5. The van der Waals surface area contributed by atoms with Crippen molar-refractivity contribution in [2.45, 2.75) is 6.18 Å². The van der Waals surface area contributed by atoms with Crippen LogP contribution in [0.1, 0.15) is 21.5 Å². The summed E-state index contributed by atoms with van der Waals surface area (Å²) in [6.45, 7) is 0. The van der Waals surface area contributed by atoms with Gasteiger partial charge >= 0.3 is 6.18 Å². The lowest BCUT2D eigenvalue weighted by atomic mass is 10.1. The van der Waals surface area contributed by atoms with Gasteiger partial charge in [0.25, 0.3) is 0 Å². The van der Waals surface area contributed by atoms with Crippen LogP contribution in [0.2, 0.25) is 0 Å².